The first kappa shape index (κ1) is 17.2. The van der Waals surface area contributed by atoms with Crippen molar-refractivity contribution in [1.82, 2.24) is 24.4 Å². The number of anilines is 1. The van der Waals surface area contributed by atoms with Crippen LogP contribution in [0.4, 0.5) is 19.0 Å². The molecule has 25 heavy (non-hydrogen) atoms. The van der Waals surface area contributed by atoms with Crippen molar-refractivity contribution in [2.45, 2.75) is 24.2 Å². The molecule has 1 saturated heterocycles. The zero-order valence-electron chi connectivity index (χ0n) is 12.3. The zero-order valence-corrected chi connectivity index (χ0v) is 12.3. The molecule has 2 aromatic rings. The van der Waals surface area contributed by atoms with Crippen LogP contribution in [0.15, 0.2) is 17.8 Å². The largest absolute Gasteiger partial charge is 0.398 e. The number of hydrogen-bond acceptors (Lipinski definition) is 9. The van der Waals surface area contributed by atoms with Crippen molar-refractivity contribution in [2.75, 3.05) is 12.3 Å². The summed E-state index contributed by atoms with van der Waals surface area (Å²) >= 11 is 0. The number of hydrogen-bond donors (Lipinski definition) is 4. The van der Waals surface area contributed by atoms with Crippen LogP contribution in [0, 0.1) is 11.4 Å². The van der Waals surface area contributed by atoms with Gasteiger partial charge in [0.2, 0.25) is 4.91 Å². The molecule has 1 fully saturated rings. The first-order valence-corrected chi connectivity index (χ1v) is 6.80. The van der Waals surface area contributed by atoms with Gasteiger partial charge in [0.15, 0.2) is 22.8 Å². The number of imidazole rings is 1. The average molecular weight is 361 g/mol. The summed E-state index contributed by atoms with van der Waals surface area (Å²) in [5.41, 5.74) is 9.88. The minimum absolute atomic E-state index is 0.0464. The highest BCUT2D eigenvalue weighted by Crippen LogP contribution is 2.50. The summed E-state index contributed by atoms with van der Waals surface area (Å²) in [7, 11) is 0. The number of nitrogen functional groups attached to an aromatic ring is 1. The van der Waals surface area contributed by atoms with Crippen molar-refractivity contribution in [2.24, 2.45) is 11.0 Å². The second kappa shape index (κ2) is 5.70. The Morgan fingerprint density at radius 2 is 2.16 bits per heavy atom. The van der Waals surface area contributed by atoms with E-state index in [1.807, 2.05) is 0 Å². The zero-order chi connectivity index (χ0) is 18.4. The number of rotatable bonds is 3. The molecule has 0 aromatic carbocycles. The molecule has 1 aliphatic heterocycles. The number of aromatic nitrogens is 4. The molecule has 2 aromatic heterocycles. The summed E-state index contributed by atoms with van der Waals surface area (Å²) in [6.07, 6.45) is -7.07. The van der Waals surface area contributed by atoms with Gasteiger partial charge in [0.05, 0.1) is 6.33 Å². The lowest BCUT2D eigenvalue weighted by Crippen LogP contribution is -2.46. The molecule has 134 valence electrons. The predicted molar refractivity (Wildman–Crippen MR) is 72.5 cm³/mol. The number of nitrogens with zero attached hydrogens (tertiary/aromatic N) is 6. The average Bonchev–Trinajstić information content (AvgIpc) is 3.08. The van der Waals surface area contributed by atoms with Gasteiger partial charge in [0.1, 0.15) is 36.0 Å². The van der Waals surface area contributed by atoms with Crippen molar-refractivity contribution in [1.29, 1.82) is 5.53 Å². The molecule has 3 rings (SSSR count). The standard InChI is InChI=1S/C11H12F3N8O3/c12-11(13,14)4-6(24)10(1-23,20-21-16)25-9(4)22-3-19-5-7(15)17-2-18-8(5)22/h2-4,6,9,16,23-24H,1H2,(H2,15,17,18)/q+1/t4-,6-,9+,10+/m0/s1. The highest BCUT2D eigenvalue weighted by Gasteiger charge is 2.67. The van der Waals surface area contributed by atoms with Crippen LogP contribution >= 0.6 is 0 Å². The number of nitrogens with two attached hydrogens (primary N) is 1. The maximum absolute atomic E-state index is 13.5. The molecule has 0 saturated carbocycles. The van der Waals surface area contributed by atoms with E-state index in [2.05, 4.69) is 25.0 Å². The molecule has 0 spiro atoms. The third-order valence-electron chi connectivity index (χ3n) is 3.92. The molecule has 11 nitrogen and oxygen atoms in total. The van der Waals surface area contributed by atoms with Gasteiger partial charge >= 0.3 is 6.18 Å². The van der Waals surface area contributed by atoms with Gasteiger partial charge in [-0.25, -0.2) is 15.0 Å². The number of ether oxygens (including phenoxy) is 1. The third-order valence-corrected chi connectivity index (χ3v) is 3.92. The van der Waals surface area contributed by atoms with Crippen LogP contribution in [0.5, 0.6) is 0 Å². The molecule has 0 unspecified atom stereocenters. The van der Waals surface area contributed by atoms with E-state index in [1.165, 1.54) is 0 Å². The van der Waals surface area contributed by atoms with Crippen molar-refractivity contribution in [3.05, 3.63) is 12.7 Å². The Bertz CT molecular complexity index is 851. The second-order valence-electron chi connectivity index (χ2n) is 5.31. The third kappa shape index (κ3) is 2.51. The summed E-state index contributed by atoms with van der Waals surface area (Å²) in [6.45, 7) is -1.12. The number of fused-ring (bicyclic) bond motifs is 1. The Morgan fingerprint density at radius 3 is 2.76 bits per heavy atom. The van der Waals surface area contributed by atoms with E-state index >= 15 is 0 Å². The molecule has 0 radical (unpaired) electrons. The van der Waals surface area contributed by atoms with Gasteiger partial charge in [0.25, 0.3) is 5.72 Å². The van der Waals surface area contributed by atoms with Crippen molar-refractivity contribution < 1.29 is 28.1 Å². The quantitative estimate of drug-likeness (QED) is 0.430. The van der Waals surface area contributed by atoms with Gasteiger partial charge in [-0.15, -0.1) is 0 Å². The maximum Gasteiger partial charge on any atom is 0.398 e. The van der Waals surface area contributed by atoms with Gasteiger partial charge in [0, 0.05) is 0 Å². The van der Waals surface area contributed by atoms with Crippen LogP contribution in [0.3, 0.4) is 0 Å². The van der Waals surface area contributed by atoms with Crippen LogP contribution in [-0.4, -0.2) is 54.3 Å². The van der Waals surface area contributed by atoms with E-state index < -0.39 is 36.8 Å². The number of aliphatic hydroxyl groups excluding tert-OH is 2. The van der Waals surface area contributed by atoms with Crippen molar-refractivity contribution >= 4 is 17.0 Å². The van der Waals surface area contributed by atoms with E-state index in [0.29, 0.717) is 0 Å². The lowest BCUT2D eigenvalue weighted by atomic mass is 9.95. The molecule has 3 heterocycles. The van der Waals surface area contributed by atoms with Gasteiger partial charge < -0.3 is 20.7 Å². The Hall–Kier alpha value is -2.67. The molecule has 1 aliphatic rings. The van der Waals surface area contributed by atoms with E-state index in [0.717, 1.165) is 17.2 Å². The first-order valence-electron chi connectivity index (χ1n) is 6.80. The van der Waals surface area contributed by atoms with Crippen LogP contribution in [0.25, 0.3) is 11.2 Å². The number of nitrogens with one attached hydrogen (secondary N) is 1. The molecular formula is C11H12F3N8O3+. The lowest BCUT2D eigenvalue weighted by molar-refractivity contribution is -0.210. The fourth-order valence-corrected chi connectivity index (χ4v) is 2.75. The molecule has 0 bridgehead atoms. The van der Waals surface area contributed by atoms with Gasteiger partial charge in [-0.05, 0) is 0 Å². The van der Waals surface area contributed by atoms with E-state index in [4.69, 9.17) is 16.0 Å². The summed E-state index contributed by atoms with van der Waals surface area (Å²) < 4.78 is 46.7. The van der Waals surface area contributed by atoms with Crippen molar-refractivity contribution in [3.8, 4) is 0 Å². The Balaban J connectivity index is 2.18. The lowest BCUT2D eigenvalue weighted by Gasteiger charge is -2.23. The maximum atomic E-state index is 13.5. The smallest absolute Gasteiger partial charge is 0.391 e. The Labute approximate surface area is 136 Å². The normalized spacial score (nSPS) is 29.7. The summed E-state index contributed by atoms with van der Waals surface area (Å²) in [4.78, 5) is 14.0. The number of aliphatic hydroxyl groups is 2. The Kier molecular flexibility index (Phi) is 3.91. The minimum atomic E-state index is -4.92. The number of alkyl halides is 3. The summed E-state index contributed by atoms with van der Waals surface area (Å²) in [5.74, 6) is -2.54. The van der Waals surface area contributed by atoms with Crippen molar-refractivity contribution in [3.63, 3.8) is 0 Å². The minimum Gasteiger partial charge on any atom is -0.391 e. The molecule has 0 aliphatic carbocycles. The molecule has 4 atom stereocenters. The van der Waals surface area contributed by atoms with Crippen LogP contribution in [-0.2, 0) is 4.74 Å². The summed E-state index contributed by atoms with van der Waals surface area (Å²) in [6, 6.07) is 0. The van der Waals surface area contributed by atoms with Crippen LogP contribution < -0.4 is 10.6 Å². The molecule has 14 heteroatoms. The van der Waals surface area contributed by atoms with E-state index in [1.54, 1.807) is 0 Å². The van der Waals surface area contributed by atoms with Crippen LogP contribution in [0.2, 0.25) is 0 Å². The molecule has 0 amide bonds. The fraction of sp³-hybridized carbons (Fsp3) is 0.545. The van der Waals surface area contributed by atoms with E-state index in [-0.39, 0.29) is 17.0 Å². The monoisotopic (exact) mass is 361 g/mol. The van der Waals surface area contributed by atoms with Gasteiger partial charge in [-0.1, -0.05) is 0 Å². The first-order chi connectivity index (χ1) is 11.7. The second-order valence-corrected chi connectivity index (χ2v) is 5.31. The fourth-order valence-electron chi connectivity index (χ4n) is 2.75. The van der Waals surface area contributed by atoms with Gasteiger partial charge in [-0.2, -0.15) is 13.2 Å². The van der Waals surface area contributed by atoms with Gasteiger partial charge in [-0.3, -0.25) is 4.57 Å². The topological polar surface area (TPSA) is 170 Å². The highest BCUT2D eigenvalue weighted by atomic mass is 19.4. The number of halogens is 3. The summed E-state index contributed by atoms with van der Waals surface area (Å²) in [5, 5.41) is 22.7. The SMILES string of the molecule is N=[N+]=N[C@]1(CO)O[C@@H](n2cnc3c(N)ncnc32)[C@@H](C(F)(F)F)[C@@H]1O. The molecule has 5 N–H and O–H groups in total. The molecular weight excluding hydrogens is 349 g/mol. The predicted octanol–water partition coefficient (Wildman–Crippen LogP) is -0.284. The van der Waals surface area contributed by atoms with E-state index in [9.17, 15) is 23.4 Å². The van der Waals surface area contributed by atoms with Crippen LogP contribution in [0.1, 0.15) is 6.23 Å². The Morgan fingerprint density at radius 1 is 1.44 bits per heavy atom. The highest BCUT2D eigenvalue weighted by molar-refractivity contribution is 5.81.